The molecule has 144 valence electrons. The lowest BCUT2D eigenvalue weighted by Gasteiger charge is -2.16. The van der Waals surface area contributed by atoms with Crippen LogP contribution in [-0.2, 0) is 19.4 Å². The van der Waals surface area contributed by atoms with E-state index in [1.807, 2.05) is 0 Å². The maximum atomic E-state index is 12.2. The number of furan rings is 1. The quantitative estimate of drug-likeness (QED) is 0.758. The first-order valence-corrected chi connectivity index (χ1v) is 10.5. The van der Waals surface area contributed by atoms with Gasteiger partial charge in [-0.15, -0.1) is 0 Å². The van der Waals surface area contributed by atoms with Gasteiger partial charge in [-0.3, -0.25) is 4.79 Å². The number of carbonyl (C=O) groups excluding carboxylic acids is 2. The number of nitrogens with one attached hydrogen (secondary N) is 1. The number of rotatable bonds is 5. The van der Waals surface area contributed by atoms with Crippen molar-refractivity contribution in [2.45, 2.75) is 25.5 Å². The Hall–Kier alpha value is -2.32. The monoisotopic (exact) mass is 411 g/mol. The molecule has 1 aliphatic rings. The summed E-state index contributed by atoms with van der Waals surface area (Å²) in [4.78, 5) is 24.3. The summed E-state index contributed by atoms with van der Waals surface area (Å²) in [5.41, 5.74) is 0.631. The van der Waals surface area contributed by atoms with Gasteiger partial charge in [0.05, 0.1) is 16.5 Å². The number of hydrogen-bond acceptors (Lipinski definition) is 6. The number of sulfone groups is 1. The molecular weight excluding hydrogens is 394 g/mol. The van der Waals surface area contributed by atoms with Gasteiger partial charge in [0.25, 0.3) is 5.91 Å². The van der Waals surface area contributed by atoms with Crippen LogP contribution in [0.25, 0.3) is 11.3 Å². The maximum Gasteiger partial charge on any atom is 0.375 e. The number of halogens is 1. The first-order valence-electron chi connectivity index (χ1n) is 8.32. The molecule has 1 N–H and O–H groups in total. The Bertz CT molecular complexity index is 968. The molecule has 2 atom stereocenters. The van der Waals surface area contributed by atoms with Crippen molar-refractivity contribution < 1.29 is 27.2 Å². The van der Waals surface area contributed by atoms with Crippen LogP contribution < -0.4 is 5.32 Å². The molecule has 2 heterocycles. The SMILES string of the molecule is C[C@@H](OC(=O)c1ccc(-c2ccccc2Cl)o1)C(=O)N[C@H]1CCS(=O)(=O)C1. The minimum Gasteiger partial charge on any atom is -0.449 e. The zero-order valence-corrected chi connectivity index (χ0v) is 16.0. The Morgan fingerprint density at radius 2 is 2.00 bits per heavy atom. The second-order valence-electron chi connectivity index (χ2n) is 6.30. The van der Waals surface area contributed by atoms with Gasteiger partial charge < -0.3 is 14.5 Å². The number of carbonyl (C=O) groups is 2. The molecule has 0 spiro atoms. The molecule has 0 unspecified atom stereocenters. The summed E-state index contributed by atoms with van der Waals surface area (Å²) in [6.07, 6.45) is -0.733. The standard InChI is InChI=1S/C18H18ClNO6S/c1-11(17(21)20-12-8-9-27(23,24)10-12)25-18(22)16-7-6-15(26-16)13-4-2-3-5-14(13)19/h2-7,11-12H,8-10H2,1H3,(H,20,21)/t11-,12+/m1/s1. The molecule has 7 nitrogen and oxygen atoms in total. The van der Waals surface area contributed by atoms with Crippen LogP contribution in [0.5, 0.6) is 0 Å². The van der Waals surface area contributed by atoms with Crippen LogP contribution in [0.4, 0.5) is 0 Å². The second-order valence-corrected chi connectivity index (χ2v) is 8.94. The van der Waals surface area contributed by atoms with Crippen molar-refractivity contribution in [3.8, 4) is 11.3 Å². The molecule has 1 saturated heterocycles. The minimum atomic E-state index is -3.11. The van der Waals surface area contributed by atoms with Gasteiger partial charge in [-0.1, -0.05) is 23.7 Å². The summed E-state index contributed by atoms with van der Waals surface area (Å²) in [5.74, 6) is -1.06. The third-order valence-corrected chi connectivity index (χ3v) is 6.28. The highest BCUT2D eigenvalue weighted by Gasteiger charge is 2.31. The van der Waals surface area contributed by atoms with Crippen molar-refractivity contribution in [2.24, 2.45) is 0 Å². The molecular formula is C18H18ClNO6S. The van der Waals surface area contributed by atoms with Crippen molar-refractivity contribution in [3.63, 3.8) is 0 Å². The summed E-state index contributed by atoms with van der Waals surface area (Å²) in [6.45, 7) is 1.41. The van der Waals surface area contributed by atoms with E-state index in [4.69, 9.17) is 20.8 Å². The minimum absolute atomic E-state index is 0.0450. The molecule has 1 aromatic carbocycles. The fraction of sp³-hybridized carbons (Fsp3) is 0.333. The van der Waals surface area contributed by atoms with Gasteiger partial charge >= 0.3 is 5.97 Å². The van der Waals surface area contributed by atoms with Crippen LogP contribution in [0.3, 0.4) is 0 Å². The Balaban J connectivity index is 1.60. The Morgan fingerprint density at radius 3 is 2.67 bits per heavy atom. The highest BCUT2D eigenvalue weighted by molar-refractivity contribution is 7.91. The zero-order chi connectivity index (χ0) is 19.6. The van der Waals surface area contributed by atoms with Gasteiger partial charge in [-0.05, 0) is 37.6 Å². The van der Waals surface area contributed by atoms with Gasteiger partial charge in [0.2, 0.25) is 5.76 Å². The van der Waals surface area contributed by atoms with E-state index in [1.165, 1.54) is 13.0 Å². The van der Waals surface area contributed by atoms with Crippen LogP contribution in [0.1, 0.15) is 23.9 Å². The number of amides is 1. The van der Waals surface area contributed by atoms with Gasteiger partial charge in [0.1, 0.15) is 5.76 Å². The van der Waals surface area contributed by atoms with Gasteiger partial charge in [0, 0.05) is 11.6 Å². The third kappa shape index (κ3) is 4.70. The van der Waals surface area contributed by atoms with E-state index in [0.717, 1.165) is 0 Å². The van der Waals surface area contributed by atoms with Crippen LogP contribution in [0, 0.1) is 0 Å². The van der Waals surface area contributed by atoms with Crippen molar-refractivity contribution in [3.05, 3.63) is 47.2 Å². The van der Waals surface area contributed by atoms with Crippen molar-refractivity contribution in [2.75, 3.05) is 11.5 Å². The van der Waals surface area contributed by atoms with E-state index in [2.05, 4.69) is 5.32 Å². The summed E-state index contributed by atoms with van der Waals surface area (Å²) in [6, 6.07) is 9.59. The van der Waals surface area contributed by atoms with Crippen molar-refractivity contribution in [1.29, 1.82) is 0 Å². The van der Waals surface area contributed by atoms with Gasteiger partial charge in [0.15, 0.2) is 15.9 Å². The summed E-state index contributed by atoms with van der Waals surface area (Å²) in [7, 11) is -3.11. The molecule has 9 heteroatoms. The number of hydrogen-bond donors (Lipinski definition) is 1. The third-order valence-electron chi connectivity index (χ3n) is 4.18. The lowest BCUT2D eigenvalue weighted by atomic mass is 10.2. The first kappa shape index (κ1) is 19.4. The lowest BCUT2D eigenvalue weighted by molar-refractivity contribution is -0.129. The normalized spacial score (nSPS) is 19.4. The molecule has 1 aliphatic heterocycles. The van der Waals surface area contributed by atoms with E-state index in [0.29, 0.717) is 22.8 Å². The van der Waals surface area contributed by atoms with Crippen LogP contribution >= 0.6 is 11.6 Å². The predicted octanol–water partition coefficient (Wildman–Crippen LogP) is 2.45. The molecule has 2 aromatic rings. The van der Waals surface area contributed by atoms with E-state index >= 15 is 0 Å². The molecule has 27 heavy (non-hydrogen) atoms. The summed E-state index contributed by atoms with van der Waals surface area (Å²) in [5, 5.41) is 3.06. The van der Waals surface area contributed by atoms with E-state index in [-0.39, 0.29) is 17.3 Å². The Labute approximate surface area is 161 Å². The highest BCUT2D eigenvalue weighted by atomic mass is 35.5. The van der Waals surface area contributed by atoms with E-state index in [9.17, 15) is 18.0 Å². The second kappa shape index (κ2) is 7.74. The number of benzene rings is 1. The van der Waals surface area contributed by atoms with Gasteiger partial charge in [-0.2, -0.15) is 0 Å². The van der Waals surface area contributed by atoms with Crippen molar-refractivity contribution >= 4 is 33.3 Å². The number of esters is 1. The molecule has 0 aliphatic carbocycles. The molecule has 0 bridgehead atoms. The van der Waals surface area contributed by atoms with E-state index in [1.54, 1.807) is 30.3 Å². The Kier molecular flexibility index (Phi) is 5.57. The molecule has 1 amide bonds. The average Bonchev–Trinajstić information content (AvgIpc) is 3.22. The molecule has 0 radical (unpaired) electrons. The van der Waals surface area contributed by atoms with Crippen molar-refractivity contribution in [1.82, 2.24) is 5.32 Å². The predicted molar refractivity (Wildman–Crippen MR) is 99.2 cm³/mol. The Morgan fingerprint density at radius 1 is 1.26 bits per heavy atom. The van der Waals surface area contributed by atoms with Crippen LogP contribution in [-0.4, -0.2) is 43.9 Å². The van der Waals surface area contributed by atoms with Crippen LogP contribution in [0.15, 0.2) is 40.8 Å². The lowest BCUT2D eigenvalue weighted by Crippen LogP contribution is -2.42. The fourth-order valence-corrected chi connectivity index (χ4v) is 4.66. The fourth-order valence-electron chi connectivity index (χ4n) is 2.75. The smallest absolute Gasteiger partial charge is 0.375 e. The zero-order valence-electron chi connectivity index (χ0n) is 14.5. The summed E-state index contributed by atoms with van der Waals surface area (Å²) < 4.78 is 33.5. The largest absolute Gasteiger partial charge is 0.449 e. The maximum absolute atomic E-state index is 12.2. The summed E-state index contributed by atoms with van der Waals surface area (Å²) >= 11 is 6.10. The van der Waals surface area contributed by atoms with Gasteiger partial charge in [-0.25, -0.2) is 13.2 Å². The van der Waals surface area contributed by atoms with Crippen LogP contribution in [0.2, 0.25) is 5.02 Å². The average molecular weight is 412 g/mol. The topological polar surface area (TPSA) is 103 Å². The molecule has 3 rings (SSSR count). The first-order chi connectivity index (χ1) is 12.7. The highest BCUT2D eigenvalue weighted by Crippen LogP contribution is 2.29. The molecule has 0 saturated carbocycles. The molecule has 1 aromatic heterocycles. The van der Waals surface area contributed by atoms with E-state index < -0.39 is 33.9 Å². The molecule has 1 fully saturated rings. The number of ether oxygens (including phenoxy) is 1.